The lowest BCUT2D eigenvalue weighted by Gasteiger charge is -2.02. The molecule has 0 saturated carbocycles. The lowest BCUT2D eigenvalue weighted by molar-refractivity contribution is 0.0954. The van der Waals surface area contributed by atoms with Gasteiger partial charge in [-0.05, 0) is 31.5 Å². The number of hydrazone groups is 1. The van der Waals surface area contributed by atoms with E-state index in [2.05, 4.69) is 33.4 Å². The monoisotopic (exact) mass is 282 g/mol. The molecule has 0 heterocycles. The van der Waals surface area contributed by atoms with Crippen molar-refractivity contribution in [2.75, 3.05) is 0 Å². The molecule has 1 N–H and O–H groups in total. The number of benzene rings is 1. The van der Waals surface area contributed by atoms with Crippen molar-refractivity contribution in [2.24, 2.45) is 5.10 Å². The summed E-state index contributed by atoms with van der Waals surface area (Å²) < 4.78 is 0.884. The lowest BCUT2D eigenvalue weighted by Crippen LogP contribution is -2.18. The van der Waals surface area contributed by atoms with Crippen LogP contribution in [0.2, 0.25) is 0 Å². The fourth-order valence-corrected chi connectivity index (χ4v) is 1.66. The van der Waals surface area contributed by atoms with E-state index in [0.29, 0.717) is 5.56 Å². The van der Waals surface area contributed by atoms with Crippen LogP contribution < -0.4 is 5.43 Å². The van der Waals surface area contributed by atoms with Crippen molar-refractivity contribution in [1.82, 2.24) is 5.43 Å². The van der Waals surface area contributed by atoms with E-state index in [9.17, 15) is 4.79 Å². The summed E-state index contributed by atoms with van der Waals surface area (Å²) in [4.78, 5) is 11.7. The van der Waals surface area contributed by atoms with Gasteiger partial charge in [0, 0.05) is 15.7 Å². The predicted molar refractivity (Wildman–Crippen MR) is 69.6 cm³/mol. The highest BCUT2D eigenvalue weighted by molar-refractivity contribution is 9.10. The molecule has 1 amide bonds. The van der Waals surface area contributed by atoms with Crippen molar-refractivity contribution in [3.05, 3.63) is 34.3 Å². The maximum absolute atomic E-state index is 11.7. The van der Waals surface area contributed by atoms with E-state index in [0.717, 1.165) is 23.0 Å². The summed E-state index contributed by atoms with van der Waals surface area (Å²) in [6, 6.07) is 7.22. The molecular formula is C12H15BrN2O. The van der Waals surface area contributed by atoms with Gasteiger partial charge < -0.3 is 0 Å². The zero-order chi connectivity index (χ0) is 12.0. The Morgan fingerprint density at radius 3 is 2.88 bits per heavy atom. The number of halogens is 1. The van der Waals surface area contributed by atoms with E-state index in [1.165, 1.54) is 0 Å². The number of hydrogen-bond acceptors (Lipinski definition) is 2. The maximum Gasteiger partial charge on any atom is 0.271 e. The Hall–Kier alpha value is -1.16. The summed E-state index contributed by atoms with van der Waals surface area (Å²) in [5, 5.41) is 4.02. The summed E-state index contributed by atoms with van der Waals surface area (Å²) in [6.45, 7) is 3.99. The fourth-order valence-electron chi connectivity index (χ4n) is 1.26. The molecule has 0 unspecified atom stereocenters. The van der Waals surface area contributed by atoms with E-state index in [1.54, 1.807) is 12.1 Å². The third kappa shape index (κ3) is 4.14. The lowest BCUT2D eigenvalue weighted by atomic mass is 10.2. The van der Waals surface area contributed by atoms with Crippen LogP contribution in [0.25, 0.3) is 0 Å². The van der Waals surface area contributed by atoms with E-state index >= 15 is 0 Å². The number of nitrogens with one attached hydrogen (secondary N) is 1. The SMILES string of the molecule is CCC/C(C)=N/NC(=O)c1cccc(Br)c1. The molecule has 4 heteroatoms. The topological polar surface area (TPSA) is 41.5 Å². The van der Waals surface area contributed by atoms with E-state index in [1.807, 2.05) is 19.1 Å². The number of nitrogens with zero attached hydrogens (tertiary/aromatic N) is 1. The summed E-state index contributed by atoms with van der Waals surface area (Å²) >= 11 is 3.32. The molecule has 0 aliphatic rings. The highest BCUT2D eigenvalue weighted by Crippen LogP contribution is 2.11. The molecule has 0 saturated heterocycles. The molecule has 0 aromatic heterocycles. The molecule has 1 aromatic carbocycles. The molecule has 0 radical (unpaired) electrons. The van der Waals surface area contributed by atoms with Gasteiger partial charge in [-0.25, -0.2) is 5.43 Å². The largest absolute Gasteiger partial charge is 0.271 e. The van der Waals surface area contributed by atoms with Gasteiger partial charge in [-0.1, -0.05) is 35.3 Å². The average molecular weight is 283 g/mol. The number of carbonyl (C=O) groups is 1. The summed E-state index contributed by atoms with van der Waals surface area (Å²) in [7, 11) is 0. The van der Waals surface area contributed by atoms with Gasteiger partial charge in [0.25, 0.3) is 5.91 Å². The van der Waals surface area contributed by atoms with Crippen LogP contribution in [0.3, 0.4) is 0 Å². The van der Waals surface area contributed by atoms with Crippen LogP contribution in [-0.2, 0) is 0 Å². The van der Waals surface area contributed by atoms with Crippen LogP contribution in [0.15, 0.2) is 33.8 Å². The minimum atomic E-state index is -0.184. The van der Waals surface area contributed by atoms with Crippen LogP contribution in [0.1, 0.15) is 37.0 Å². The summed E-state index contributed by atoms with van der Waals surface area (Å²) in [5.74, 6) is -0.184. The molecule has 0 fully saturated rings. The van der Waals surface area contributed by atoms with Gasteiger partial charge in [0.05, 0.1) is 0 Å². The van der Waals surface area contributed by atoms with Gasteiger partial charge >= 0.3 is 0 Å². The molecule has 0 aliphatic carbocycles. The summed E-state index contributed by atoms with van der Waals surface area (Å²) in [5.41, 5.74) is 4.07. The molecule has 0 atom stereocenters. The van der Waals surface area contributed by atoms with Crippen LogP contribution >= 0.6 is 15.9 Å². The van der Waals surface area contributed by atoms with Crippen molar-refractivity contribution in [2.45, 2.75) is 26.7 Å². The second-order valence-corrected chi connectivity index (χ2v) is 4.46. The number of rotatable bonds is 4. The Morgan fingerprint density at radius 1 is 1.50 bits per heavy atom. The molecule has 86 valence electrons. The van der Waals surface area contributed by atoms with Crippen molar-refractivity contribution in [3.8, 4) is 0 Å². The minimum Gasteiger partial charge on any atom is -0.267 e. The number of amides is 1. The van der Waals surface area contributed by atoms with Crippen molar-refractivity contribution in [3.63, 3.8) is 0 Å². The van der Waals surface area contributed by atoms with Crippen LogP contribution in [0.5, 0.6) is 0 Å². The smallest absolute Gasteiger partial charge is 0.267 e. The standard InChI is InChI=1S/C12H15BrN2O/c1-3-5-9(2)14-15-12(16)10-6-4-7-11(13)8-10/h4,6-8H,3,5H2,1-2H3,(H,15,16)/b14-9+. The van der Waals surface area contributed by atoms with Crippen molar-refractivity contribution in [1.29, 1.82) is 0 Å². The molecule has 0 bridgehead atoms. The minimum absolute atomic E-state index is 0.184. The average Bonchev–Trinajstić information content (AvgIpc) is 2.26. The van der Waals surface area contributed by atoms with Crippen molar-refractivity contribution >= 4 is 27.5 Å². The van der Waals surface area contributed by atoms with Gasteiger partial charge in [-0.3, -0.25) is 4.79 Å². The molecular weight excluding hydrogens is 268 g/mol. The maximum atomic E-state index is 11.7. The van der Waals surface area contributed by atoms with Gasteiger partial charge in [0.15, 0.2) is 0 Å². The first-order valence-corrected chi connectivity index (χ1v) is 6.02. The number of hydrogen-bond donors (Lipinski definition) is 1. The Balaban J connectivity index is 2.63. The van der Waals surface area contributed by atoms with Gasteiger partial charge in [0.2, 0.25) is 0 Å². The van der Waals surface area contributed by atoms with Crippen LogP contribution in [0, 0.1) is 0 Å². The molecule has 1 rings (SSSR count). The number of carbonyl (C=O) groups excluding carboxylic acids is 1. The first-order chi connectivity index (χ1) is 7.63. The van der Waals surface area contributed by atoms with E-state index < -0.39 is 0 Å². The molecule has 3 nitrogen and oxygen atoms in total. The second kappa shape index (κ2) is 6.43. The molecule has 0 aliphatic heterocycles. The third-order valence-corrected chi connectivity index (χ3v) is 2.54. The predicted octanol–water partition coefficient (Wildman–Crippen LogP) is 3.35. The first-order valence-electron chi connectivity index (χ1n) is 5.22. The highest BCUT2D eigenvalue weighted by atomic mass is 79.9. The Labute approximate surface area is 104 Å². The van der Waals surface area contributed by atoms with Crippen LogP contribution in [-0.4, -0.2) is 11.6 Å². The van der Waals surface area contributed by atoms with Crippen LogP contribution in [0.4, 0.5) is 0 Å². The third-order valence-electron chi connectivity index (χ3n) is 2.05. The first kappa shape index (κ1) is 12.9. The second-order valence-electron chi connectivity index (χ2n) is 3.55. The Morgan fingerprint density at radius 2 is 2.25 bits per heavy atom. The van der Waals surface area contributed by atoms with E-state index in [4.69, 9.17) is 0 Å². The summed E-state index contributed by atoms with van der Waals surface area (Å²) in [6.07, 6.45) is 1.93. The zero-order valence-corrected chi connectivity index (χ0v) is 11.0. The normalized spacial score (nSPS) is 11.3. The highest BCUT2D eigenvalue weighted by Gasteiger charge is 2.04. The van der Waals surface area contributed by atoms with Gasteiger partial charge in [-0.15, -0.1) is 0 Å². The molecule has 1 aromatic rings. The molecule has 16 heavy (non-hydrogen) atoms. The van der Waals surface area contributed by atoms with Crippen molar-refractivity contribution < 1.29 is 4.79 Å². The molecule has 0 spiro atoms. The van der Waals surface area contributed by atoms with Gasteiger partial charge in [-0.2, -0.15) is 5.10 Å². The Kier molecular flexibility index (Phi) is 5.19. The quantitative estimate of drug-likeness (QED) is 0.668. The van der Waals surface area contributed by atoms with E-state index in [-0.39, 0.29) is 5.91 Å². The zero-order valence-electron chi connectivity index (χ0n) is 9.46. The fraction of sp³-hybridized carbons (Fsp3) is 0.333. The van der Waals surface area contributed by atoms with Gasteiger partial charge in [0.1, 0.15) is 0 Å². The Bertz CT molecular complexity index is 402.